The van der Waals surface area contributed by atoms with Crippen LogP contribution in [0.5, 0.6) is 6.01 Å². The molecule has 2 saturated heterocycles. The Morgan fingerprint density at radius 2 is 2.00 bits per heavy atom. The van der Waals surface area contributed by atoms with E-state index < -0.39 is 17.8 Å². The molecule has 0 N–H and O–H groups in total. The number of aromatic nitrogens is 2. The van der Waals surface area contributed by atoms with Crippen LogP contribution in [-0.2, 0) is 22.5 Å². The molecule has 0 aliphatic carbocycles. The van der Waals surface area contributed by atoms with Crippen LogP contribution in [0.25, 0.3) is 10.8 Å². The molecular weight excluding hydrogens is 597 g/mol. The number of hydrogen-bond donors (Lipinski definition) is 0. The highest BCUT2D eigenvalue weighted by atomic mass is 35.5. The predicted octanol–water partition coefficient (Wildman–Crippen LogP) is 4.36. The van der Waals surface area contributed by atoms with Gasteiger partial charge in [0.25, 0.3) is 5.91 Å². The minimum absolute atomic E-state index is 0.0655. The Morgan fingerprint density at radius 3 is 2.71 bits per heavy atom. The van der Waals surface area contributed by atoms with E-state index >= 15 is 0 Å². The Labute approximate surface area is 267 Å². The first-order valence-corrected chi connectivity index (χ1v) is 15.6. The van der Waals surface area contributed by atoms with E-state index in [1.165, 1.54) is 4.90 Å². The number of hydrogen-bond acceptors (Lipinski definition) is 9. The van der Waals surface area contributed by atoms with Crippen LogP contribution >= 0.6 is 11.6 Å². The molecule has 45 heavy (non-hydrogen) atoms. The monoisotopic (exact) mass is 633 g/mol. The van der Waals surface area contributed by atoms with Crippen molar-refractivity contribution in [3.05, 3.63) is 65.1 Å². The third-order valence-electron chi connectivity index (χ3n) is 8.89. The summed E-state index contributed by atoms with van der Waals surface area (Å²) in [6.45, 7) is 9.54. The van der Waals surface area contributed by atoms with Crippen molar-refractivity contribution in [2.45, 2.75) is 44.5 Å². The van der Waals surface area contributed by atoms with Crippen LogP contribution < -0.4 is 14.5 Å². The number of ether oxygens (including phenoxy) is 2. The van der Waals surface area contributed by atoms with Gasteiger partial charge in [0.2, 0.25) is 0 Å². The summed E-state index contributed by atoms with van der Waals surface area (Å²) in [5.74, 6) is -1.07. The molecule has 2 atom stereocenters. The second-order valence-electron chi connectivity index (χ2n) is 12.0. The van der Waals surface area contributed by atoms with Crippen molar-refractivity contribution in [3.63, 3.8) is 0 Å². The molecule has 0 radical (unpaired) electrons. The van der Waals surface area contributed by atoms with Gasteiger partial charge in [0.1, 0.15) is 11.9 Å². The largest absolute Gasteiger partial charge is 0.459 e. The molecule has 6 rings (SSSR count). The van der Waals surface area contributed by atoms with Crippen molar-refractivity contribution >= 4 is 39.8 Å². The lowest BCUT2D eigenvalue weighted by Crippen LogP contribution is -2.55. The molecule has 1 amide bonds. The summed E-state index contributed by atoms with van der Waals surface area (Å²) < 4.78 is 25.5. The Balaban J connectivity index is 1.33. The van der Waals surface area contributed by atoms with Gasteiger partial charge < -0.3 is 24.2 Å². The van der Waals surface area contributed by atoms with Gasteiger partial charge in [0.15, 0.2) is 5.83 Å². The number of rotatable bonds is 9. The van der Waals surface area contributed by atoms with Gasteiger partial charge in [-0.25, -0.2) is 4.39 Å². The summed E-state index contributed by atoms with van der Waals surface area (Å²) in [4.78, 5) is 30.4. The van der Waals surface area contributed by atoms with Crippen molar-refractivity contribution in [1.82, 2.24) is 19.8 Å². The van der Waals surface area contributed by atoms with E-state index in [4.69, 9.17) is 31.0 Å². The van der Waals surface area contributed by atoms with E-state index in [0.29, 0.717) is 56.9 Å². The van der Waals surface area contributed by atoms with Gasteiger partial charge in [-0.05, 0) is 37.9 Å². The third kappa shape index (κ3) is 6.41. The number of amides is 1. The van der Waals surface area contributed by atoms with Crippen molar-refractivity contribution in [2.75, 3.05) is 62.8 Å². The lowest BCUT2D eigenvalue weighted by molar-refractivity contribution is -0.131. The fourth-order valence-corrected chi connectivity index (χ4v) is 6.73. The molecule has 3 aliphatic heterocycles. The summed E-state index contributed by atoms with van der Waals surface area (Å²) in [5.41, 5.74) is 2.90. The minimum Gasteiger partial charge on any atom is -0.459 e. The topological polar surface area (TPSA) is 98.1 Å². The molecule has 0 bridgehead atoms. The quantitative estimate of drug-likeness (QED) is 0.319. The molecule has 0 unspecified atom stereocenters. The first-order chi connectivity index (χ1) is 21.7. The van der Waals surface area contributed by atoms with Crippen LogP contribution in [0.4, 0.5) is 15.9 Å². The first-order valence-electron chi connectivity index (χ1n) is 15.3. The summed E-state index contributed by atoms with van der Waals surface area (Å²) in [6, 6.07) is 14.4. The fraction of sp³-hybridized carbons (Fsp3) is 0.455. The van der Waals surface area contributed by atoms with Gasteiger partial charge in [-0.1, -0.05) is 42.4 Å². The molecule has 1 aromatic heterocycles. The molecule has 236 valence electrons. The zero-order valence-corrected chi connectivity index (χ0v) is 26.3. The average molecular weight is 634 g/mol. The zero-order chi connectivity index (χ0) is 31.7. The number of likely N-dealkylation sites (N-methyl/N-ethyl adjacent to an activating group) is 1. The van der Waals surface area contributed by atoms with Gasteiger partial charge in [-0.2, -0.15) is 15.2 Å². The number of carbonyl (C=O) groups excluding carboxylic acids is 1. The van der Waals surface area contributed by atoms with Crippen molar-refractivity contribution < 1.29 is 18.7 Å². The number of carbonyl (C=O) groups is 1. The van der Waals surface area contributed by atoms with Crippen molar-refractivity contribution in [2.24, 2.45) is 0 Å². The molecule has 2 aromatic carbocycles. The van der Waals surface area contributed by atoms with Crippen molar-refractivity contribution in [1.29, 1.82) is 5.26 Å². The minimum atomic E-state index is -1.03. The number of piperazine rings is 1. The molecule has 3 aromatic rings. The summed E-state index contributed by atoms with van der Waals surface area (Å²) in [6.07, 6.45) is 0.555. The lowest BCUT2D eigenvalue weighted by atomic mass is 10.0. The zero-order valence-electron chi connectivity index (χ0n) is 25.6. The molecule has 0 spiro atoms. The SMILES string of the molecule is C=C(F)C(=O)N1CCN(c2nc(O[C@@H](C)CN(C)C3COC3)nc3c2CCN(c2cccc4cccc(Cl)c24)C3)C[C@@H]1CC#N. The molecule has 12 heteroatoms. The normalized spacial score (nSPS) is 19.2. The molecule has 10 nitrogen and oxygen atoms in total. The predicted molar refractivity (Wildman–Crippen MR) is 171 cm³/mol. The highest BCUT2D eigenvalue weighted by Crippen LogP contribution is 2.37. The van der Waals surface area contributed by atoms with E-state index in [2.05, 4.69) is 52.6 Å². The number of halogens is 2. The fourth-order valence-electron chi connectivity index (χ4n) is 6.45. The molecule has 4 heterocycles. The number of anilines is 2. The average Bonchev–Trinajstić information content (AvgIpc) is 2.99. The Kier molecular flexibility index (Phi) is 9.08. The van der Waals surface area contributed by atoms with Gasteiger partial charge in [-0.3, -0.25) is 9.69 Å². The van der Waals surface area contributed by atoms with E-state index in [1.54, 1.807) is 0 Å². The number of nitriles is 1. The van der Waals surface area contributed by atoms with Crippen LogP contribution in [0.3, 0.4) is 0 Å². The molecule has 0 saturated carbocycles. The maximum atomic E-state index is 13.8. The van der Waals surface area contributed by atoms with Gasteiger partial charge >= 0.3 is 6.01 Å². The molecular formula is C33H37ClFN7O3. The standard InChI is InChI=1S/C33H37ClFN7O3/c1-21(16-39(3)25-19-44-20-25)45-33-37-28-18-40(29-9-5-7-23-6-4-8-27(34)30(23)29)13-11-26(28)31(38-33)41-14-15-42(32(43)22(2)35)24(17-41)10-12-36/h4-9,21,24-25H,2,10-11,13-20H2,1,3H3/t21-,24-/m0/s1. The number of fused-ring (bicyclic) bond motifs is 2. The van der Waals surface area contributed by atoms with Crippen LogP contribution in [0.1, 0.15) is 24.6 Å². The second-order valence-corrected chi connectivity index (χ2v) is 12.4. The van der Waals surface area contributed by atoms with Crippen LogP contribution in [0, 0.1) is 11.3 Å². The Hall–Kier alpha value is -3.98. The van der Waals surface area contributed by atoms with E-state index in [0.717, 1.165) is 40.1 Å². The first kappa shape index (κ1) is 31.0. The van der Waals surface area contributed by atoms with E-state index in [-0.39, 0.29) is 25.1 Å². The van der Waals surface area contributed by atoms with Crippen LogP contribution in [0.15, 0.2) is 48.8 Å². The number of benzene rings is 2. The van der Waals surface area contributed by atoms with E-state index in [9.17, 15) is 14.4 Å². The third-order valence-corrected chi connectivity index (χ3v) is 9.21. The summed E-state index contributed by atoms with van der Waals surface area (Å²) >= 11 is 6.69. The Morgan fingerprint density at radius 1 is 1.22 bits per heavy atom. The molecule has 3 aliphatic rings. The molecule has 2 fully saturated rings. The van der Waals surface area contributed by atoms with Crippen molar-refractivity contribution in [3.8, 4) is 12.1 Å². The van der Waals surface area contributed by atoms with Gasteiger partial charge in [-0.15, -0.1) is 0 Å². The second kappa shape index (κ2) is 13.2. The number of nitrogens with zero attached hydrogens (tertiary/aromatic N) is 7. The van der Waals surface area contributed by atoms with Gasteiger partial charge in [0.05, 0.1) is 55.0 Å². The van der Waals surface area contributed by atoms with Crippen LogP contribution in [-0.4, -0.2) is 96.8 Å². The maximum absolute atomic E-state index is 13.8. The summed E-state index contributed by atoms with van der Waals surface area (Å²) in [5, 5.41) is 12.3. The maximum Gasteiger partial charge on any atom is 0.318 e. The Bertz CT molecular complexity index is 1640. The highest BCUT2D eigenvalue weighted by Gasteiger charge is 2.35. The van der Waals surface area contributed by atoms with Crippen LogP contribution in [0.2, 0.25) is 5.02 Å². The smallest absolute Gasteiger partial charge is 0.318 e. The lowest BCUT2D eigenvalue weighted by Gasteiger charge is -2.42. The highest BCUT2D eigenvalue weighted by molar-refractivity contribution is 6.36. The summed E-state index contributed by atoms with van der Waals surface area (Å²) in [7, 11) is 2.06. The van der Waals surface area contributed by atoms with E-state index in [1.807, 2.05) is 25.1 Å². The van der Waals surface area contributed by atoms with Gasteiger partial charge in [0, 0.05) is 49.4 Å².